The predicted molar refractivity (Wildman–Crippen MR) is 97.2 cm³/mol. The van der Waals surface area contributed by atoms with Gasteiger partial charge in [0.05, 0.1) is 11.3 Å². The van der Waals surface area contributed by atoms with Gasteiger partial charge in [0.15, 0.2) is 0 Å². The Labute approximate surface area is 163 Å². The number of alkyl halides is 3. The number of nitrogens with zero attached hydrogens (tertiary/aromatic N) is 3. The third-order valence-corrected chi connectivity index (χ3v) is 4.82. The molecule has 1 fully saturated rings. The highest BCUT2D eigenvalue weighted by molar-refractivity contribution is 5.88. The van der Waals surface area contributed by atoms with Gasteiger partial charge in [0.2, 0.25) is 17.6 Å². The van der Waals surface area contributed by atoms with Gasteiger partial charge >= 0.3 is 6.18 Å². The van der Waals surface area contributed by atoms with Gasteiger partial charge in [0, 0.05) is 18.4 Å². The van der Waals surface area contributed by atoms with Crippen LogP contribution in [0, 0.1) is 0 Å². The summed E-state index contributed by atoms with van der Waals surface area (Å²) in [7, 11) is 0. The maximum Gasteiger partial charge on any atom is 0.416 e. The quantitative estimate of drug-likeness (QED) is 0.691. The van der Waals surface area contributed by atoms with Gasteiger partial charge in [-0.1, -0.05) is 5.16 Å². The molecule has 1 saturated heterocycles. The Balaban J connectivity index is 1.62. The first-order chi connectivity index (χ1) is 13.8. The number of benzene rings is 1. The highest BCUT2D eigenvalue weighted by Crippen LogP contribution is 2.34. The Kier molecular flexibility index (Phi) is 4.48. The fraction of sp³-hybridized carbons (Fsp3) is 0.263. The molecule has 29 heavy (non-hydrogen) atoms. The molecule has 0 radical (unpaired) electrons. The van der Waals surface area contributed by atoms with Crippen LogP contribution in [0.4, 0.5) is 24.5 Å². The molecular formula is C19H16F3N5O2. The number of carbonyl (C=O) groups excluding carboxylic acids is 1. The molecule has 1 atom stereocenters. The van der Waals surface area contributed by atoms with E-state index in [0.29, 0.717) is 30.0 Å². The van der Waals surface area contributed by atoms with Crippen LogP contribution in [0.3, 0.4) is 0 Å². The molecule has 0 spiro atoms. The molecular weight excluding hydrogens is 387 g/mol. The first-order valence-electron chi connectivity index (χ1n) is 8.79. The zero-order valence-electron chi connectivity index (χ0n) is 15.2. The number of anilines is 2. The lowest BCUT2D eigenvalue weighted by Crippen LogP contribution is -2.32. The molecule has 1 amide bonds. The number of hydrogen-bond acceptors (Lipinski definition) is 6. The number of amides is 1. The molecule has 4 rings (SSSR count). The molecule has 1 aliphatic rings. The summed E-state index contributed by atoms with van der Waals surface area (Å²) in [5, 5.41) is 9.70. The Morgan fingerprint density at radius 2 is 1.97 bits per heavy atom. The molecule has 7 nitrogen and oxygen atoms in total. The van der Waals surface area contributed by atoms with Crippen molar-refractivity contribution >= 4 is 17.3 Å². The fourth-order valence-corrected chi connectivity index (χ4v) is 3.06. The minimum absolute atomic E-state index is 0.177. The average Bonchev–Trinajstić information content (AvgIpc) is 3.30. The number of pyridine rings is 1. The molecule has 0 saturated carbocycles. The van der Waals surface area contributed by atoms with Crippen molar-refractivity contribution in [3.63, 3.8) is 0 Å². The molecule has 0 unspecified atom stereocenters. The standard InChI is InChI=1S/C19H16F3N5O2/c1-18(8-10-24-16(18)28)17-26-15(27-29-17)14-13(3-2-9-23-14)25-12-6-4-11(5-7-12)19(20,21)22/h2-7,9,25H,8,10H2,1H3,(H,24,28)/t18-/m1/s1. The number of nitrogens with one attached hydrogen (secondary N) is 2. The predicted octanol–water partition coefficient (Wildman–Crippen LogP) is 3.67. The van der Waals surface area contributed by atoms with Crippen molar-refractivity contribution in [1.82, 2.24) is 20.4 Å². The molecule has 3 aromatic rings. The first kappa shape index (κ1) is 18.9. The number of aromatic nitrogens is 3. The fourth-order valence-electron chi connectivity index (χ4n) is 3.06. The molecule has 1 aliphatic heterocycles. The average molecular weight is 403 g/mol. The van der Waals surface area contributed by atoms with E-state index in [-0.39, 0.29) is 17.6 Å². The minimum Gasteiger partial charge on any atom is -0.355 e. The third-order valence-electron chi connectivity index (χ3n) is 4.82. The molecule has 2 N–H and O–H groups in total. The lowest BCUT2D eigenvalue weighted by Gasteiger charge is -2.13. The minimum atomic E-state index is -4.40. The Morgan fingerprint density at radius 1 is 1.21 bits per heavy atom. The maximum atomic E-state index is 12.7. The first-order valence-corrected chi connectivity index (χ1v) is 8.79. The van der Waals surface area contributed by atoms with Crippen molar-refractivity contribution in [2.45, 2.75) is 24.9 Å². The van der Waals surface area contributed by atoms with Crippen molar-refractivity contribution < 1.29 is 22.5 Å². The molecule has 0 bridgehead atoms. The summed E-state index contributed by atoms with van der Waals surface area (Å²) in [4.78, 5) is 20.7. The zero-order chi connectivity index (χ0) is 20.6. The molecule has 3 heterocycles. The van der Waals surface area contributed by atoms with Crippen LogP contribution in [-0.2, 0) is 16.4 Å². The summed E-state index contributed by atoms with van der Waals surface area (Å²) < 4.78 is 43.5. The van der Waals surface area contributed by atoms with E-state index in [0.717, 1.165) is 12.1 Å². The van der Waals surface area contributed by atoms with Crippen molar-refractivity contribution in [2.75, 3.05) is 11.9 Å². The number of carbonyl (C=O) groups is 1. The van der Waals surface area contributed by atoms with Crippen molar-refractivity contribution in [3.05, 3.63) is 54.0 Å². The van der Waals surface area contributed by atoms with Crippen LogP contribution in [0.15, 0.2) is 47.1 Å². The Bertz CT molecular complexity index is 1050. The number of hydrogen-bond donors (Lipinski definition) is 2. The molecule has 2 aromatic heterocycles. The highest BCUT2D eigenvalue weighted by atomic mass is 19.4. The second kappa shape index (κ2) is 6.87. The Morgan fingerprint density at radius 3 is 2.62 bits per heavy atom. The lowest BCUT2D eigenvalue weighted by atomic mass is 9.89. The van der Waals surface area contributed by atoms with Gasteiger partial charge < -0.3 is 15.2 Å². The van der Waals surface area contributed by atoms with Gasteiger partial charge in [-0.15, -0.1) is 0 Å². The number of rotatable bonds is 4. The summed E-state index contributed by atoms with van der Waals surface area (Å²) in [5.41, 5.74) is -0.357. The van der Waals surface area contributed by atoms with E-state index < -0.39 is 17.2 Å². The van der Waals surface area contributed by atoms with Gasteiger partial charge in [0.25, 0.3) is 0 Å². The van der Waals surface area contributed by atoms with Crippen molar-refractivity contribution in [3.8, 4) is 11.5 Å². The van der Waals surface area contributed by atoms with Gasteiger partial charge in [-0.25, -0.2) is 0 Å². The van der Waals surface area contributed by atoms with Gasteiger partial charge in [-0.2, -0.15) is 18.2 Å². The second-order valence-corrected chi connectivity index (χ2v) is 6.86. The number of halogens is 3. The van der Waals surface area contributed by atoms with Gasteiger partial charge in [0.1, 0.15) is 11.1 Å². The van der Waals surface area contributed by atoms with E-state index in [9.17, 15) is 18.0 Å². The normalized spacial score (nSPS) is 19.2. The van der Waals surface area contributed by atoms with E-state index >= 15 is 0 Å². The molecule has 0 aliphatic carbocycles. The summed E-state index contributed by atoms with van der Waals surface area (Å²) in [6, 6.07) is 7.99. The van der Waals surface area contributed by atoms with E-state index in [2.05, 4.69) is 25.8 Å². The van der Waals surface area contributed by atoms with Crippen LogP contribution in [-0.4, -0.2) is 27.6 Å². The van der Waals surface area contributed by atoms with E-state index in [1.165, 1.54) is 18.3 Å². The smallest absolute Gasteiger partial charge is 0.355 e. The summed E-state index contributed by atoms with van der Waals surface area (Å²) in [6.07, 6.45) is -2.33. The van der Waals surface area contributed by atoms with Crippen LogP contribution in [0.25, 0.3) is 11.5 Å². The van der Waals surface area contributed by atoms with Crippen LogP contribution in [0.2, 0.25) is 0 Å². The van der Waals surface area contributed by atoms with Gasteiger partial charge in [-0.3, -0.25) is 9.78 Å². The van der Waals surface area contributed by atoms with Crippen LogP contribution in [0.1, 0.15) is 24.8 Å². The second-order valence-electron chi connectivity index (χ2n) is 6.86. The molecule has 1 aromatic carbocycles. The van der Waals surface area contributed by atoms with Gasteiger partial charge in [-0.05, 0) is 49.7 Å². The topological polar surface area (TPSA) is 92.9 Å². The van der Waals surface area contributed by atoms with Crippen LogP contribution < -0.4 is 10.6 Å². The molecule has 10 heteroatoms. The third kappa shape index (κ3) is 3.53. The SMILES string of the molecule is C[C@@]1(c2nc(-c3ncccc3Nc3ccc(C(F)(F)F)cc3)no2)CCNC1=O. The van der Waals surface area contributed by atoms with E-state index in [1.807, 2.05) is 0 Å². The van der Waals surface area contributed by atoms with Crippen LogP contribution >= 0.6 is 0 Å². The van der Waals surface area contributed by atoms with Crippen molar-refractivity contribution in [1.29, 1.82) is 0 Å². The largest absolute Gasteiger partial charge is 0.416 e. The monoisotopic (exact) mass is 403 g/mol. The summed E-state index contributed by atoms with van der Waals surface area (Å²) in [6.45, 7) is 2.25. The summed E-state index contributed by atoms with van der Waals surface area (Å²) >= 11 is 0. The van der Waals surface area contributed by atoms with Crippen LogP contribution in [0.5, 0.6) is 0 Å². The lowest BCUT2D eigenvalue weighted by molar-refractivity contribution is -0.137. The Hall–Kier alpha value is -3.43. The van der Waals surface area contributed by atoms with Crippen molar-refractivity contribution in [2.24, 2.45) is 0 Å². The van der Waals surface area contributed by atoms with E-state index in [4.69, 9.17) is 4.52 Å². The molecule has 150 valence electrons. The highest BCUT2D eigenvalue weighted by Gasteiger charge is 2.44. The maximum absolute atomic E-state index is 12.7. The van der Waals surface area contributed by atoms with E-state index in [1.54, 1.807) is 19.1 Å². The summed E-state index contributed by atoms with van der Waals surface area (Å²) in [5.74, 6) is 0.182. The zero-order valence-corrected chi connectivity index (χ0v) is 15.2.